The fraction of sp³-hybridized carbons (Fsp3) is 0.533. The molecule has 0 saturated carbocycles. The van der Waals surface area contributed by atoms with Gasteiger partial charge in [-0.25, -0.2) is 0 Å². The molecule has 0 unspecified atom stereocenters. The fourth-order valence-electron chi connectivity index (χ4n) is 2.10. The Morgan fingerprint density at radius 2 is 2.40 bits per heavy atom. The van der Waals surface area contributed by atoms with Crippen LogP contribution in [0.25, 0.3) is 0 Å². The van der Waals surface area contributed by atoms with Gasteiger partial charge in [-0.2, -0.15) is 0 Å². The van der Waals surface area contributed by atoms with Crippen LogP contribution in [0.4, 0.5) is 0 Å². The zero-order valence-corrected chi connectivity index (χ0v) is 11.9. The number of hydrogen-bond donors (Lipinski definition) is 2. The zero-order valence-electron chi connectivity index (χ0n) is 11.9. The number of carbonyl (C=O) groups is 1. The van der Waals surface area contributed by atoms with Crippen LogP contribution in [0.1, 0.15) is 29.3 Å². The maximum absolute atomic E-state index is 12.0. The summed E-state index contributed by atoms with van der Waals surface area (Å²) in [5.74, 6) is -0.291. The lowest BCUT2D eigenvalue weighted by molar-refractivity contribution is 0.0318. The van der Waals surface area contributed by atoms with E-state index in [1.165, 1.54) is 0 Å². The summed E-state index contributed by atoms with van der Waals surface area (Å²) in [6.07, 6.45) is 1.03. The average molecular weight is 279 g/mol. The van der Waals surface area contributed by atoms with Crippen molar-refractivity contribution in [3.8, 4) is 5.75 Å². The molecule has 1 aromatic rings. The number of aromatic hydroxyl groups is 1. The Balaban J connectivity index is 1.83. The highest BCUT2D eigenvalue weighted by Crippen LogP contribution is 2.18. The number of ether oxygens (including phenoxy) is 2. The molecule has 0 aliphatic carbocycles. The molecular weight excluding hydrogens is 258 g/mol. The average Bonchev–Trinajstić information content (AvgIpc) is 2.89. The van der Waals surface area contributed by atoms with Crippen molar-refractivity contribution in [1.29, 1.82) is 0 Å². The minimum absolute atomic E-state index is 0.000175. The Bertz CT molecular complexity index is 469. The van der Waals surface area contributed by atoms with Crippen molar-refractivity contribution >= 4 is 5.91 Å². The Labute approximate surface area is 118 Å². The highest BCUT2D eigenvalue weighted by molar-refractivity contribution is 5.97. The van der Waals surface area contributed by atoms with E-state index in [0.717, 1.165) is 18.6 Å². The van der Waals surface area contributed by atoms with E-state index in [2.05, 4.69) is 5.32 Å². The number of phenolic OH excluding ortho intramolecular Hbond substituents is 1. The molecule has 1 aliphatic rings. The second-order valence-corrected chi connectivity index (χ2v) is 5.21. The lowest BCUT2D eigenvalue weighted by atomic mass is 10.1. The summed E-state index contributed by atoms with van der Waals surface area (Å²) in [5.41, 5.74) is 1.20. The molecule has 1 aromatic carbocycles. The molecule has 1 fully saturated rings. The first-order valence-electron chi connectivity index (χ1n) is 6.86. The van der Waals surface area contributed by atoms with Gasteiger partial charge in [0.1, 0.15) is 5.75 Å². The quantitative estimate of drug-likeness (QED) is 0.859. The van der Waals surface area contributed by atoms with E-state index in [0.29, 0.717) is 13.2 Å². The highest BCUT2D eigenvalue weighted by Gasteiger charge is 2.18. The lowest BCUT2D eigenvalue weighted by Gasteiger charge is -2.17. The SMILES string of the molecule is Cc1ccc(C(=O)N[C@H](C)CO[C@H]2CCOC2)c(O)c1. The zero-order chi connectivity index (χ0) is 14.5. The van der Waals surface area contributed by atoms with Crippen LogP contribution in [0.2, 0.25) is 0 Å². The smallest absolute Gasteiger partial charge is 0.255 e. The van der Waals surface area contributed by atoms with Crippen molar-refractivity contribution in [1.82, 2.24) is 5.32 Å². The molecule has 0 bridgehead atoms. The third-order valence-corrected chi connectivity index (χ3v) is 3.25. The minimum atomic E-state index is -0.290. The Morgan fingerprint density at radius 1 is 1.60 bits per heavy atom. The van der Waals surface area contributed by atoms with Gasteiger partial charge in [-0.15, -0.1) is 0 Å². The van der Waals surface area contributed by atoms with Crippen LogP contribution in [-0.4, -0.2) is 43.0 Å². The maximum atomic E-state index is 12.0. The van der Waals surface area contributed by atoms with Crippen LogP contribution < -0.4 is 5.32 Å². The van der Waals surface area contributed by atoms with E-state index in [1.54, 1.807) is 18.2 Å². The van der Waals surface area contributed by atoms with Gasteiger partial charge in [0.25, 0.3) is 5.91 Å². The summed E-state index contributed by atoms with van der Waals surface area (Å²) in [6, 6.07) is 4.87. The van der Waals surface area contributed by atoms with Crippen LogP contribution in [-0.2, 0) is 9.47 Å². The van der Waals surface area contributed by atoms with Crippen molar-refractivity contribution in [2.45, 2.75) is 32.4 Å². The molecule has 5 heteroatoms. The predicted octanol–water partition coefficient (Wildman–Crippen LogP) is 1.62. The van der Waals surface area contributed by atoms with Gasteiger partial charge in [0.15, 0.2) is 0 Å². The van der Waals surface area contributed by atoms with Gasteiger partial charge in [0.05, 0.1) is 24.9 Å². The molecule has 1 aliphatic heterocycles. The summed E-state index contributed by atoms with van der Waals surface area (Å²) < 4.78 is 10.9. The monoisotopic (exact) mass is 279 g/mol. The summed E-state index contributed by atoms with van der Waals surface area (Å²) in [5, 5.41) is 12.6. The van der Waals surface area contributed by atoms with Gasteiger partial charge in [0, 0.05) is 12.6 Å². The fourth-order valence-corrected chi connectivity index (χ4v) is 2.10. The van der Waals surface area contributed by atoms with Gasteiger partial charge in [-0.3, -0.25) is 4.79 Å². The van der Waals surface area contributed by atoms with Crippen LogP contribution in [0, 0.1) is 6.92 Å². The molecule has 2 N–H and O–H groups in total. The first-order valence-corrected chi connectivity index (χ1v) is 6.86. The number of phenols is 1. The van der Waals surface area contributed by atoms with Gasteiger partial charge >= 0.3 is 0 Å². The number of benzene rings is 1. The molecule has 1 heterocycles. The topological polar surface area (TPSA) is 67.8 Å². The number of amides is 1. The molecule has 20 heavy (non-hydrogen) atoms. The first kappa shape index (κ1) is 14.8. The third-order valence-electron chi connectivity index (χ3n) is 3.25. The van der Waals surface area contributed by atoms with E-state index < -0.39 is 0 Å². The summed E-state index contributed by atoms with van der Waals surface area (Å²) in [4.78, 5) is 12.0. The Hall–Kier alpha value is -1.59. The largest absolute Gasteiger partial charge is 0.507 e. The van der Waals surface area contributed by atoms with Crippen LogP contribution in [0.3, 0.4) is 0 Å². The lowest BCUT2D eigenvalue weighted by Crippen LogP contribution is -2.37. The second kappa shape index (κ2) is 6.72. The van der Waals surface area contributed by atoms with Gasteiger partial charge < -0.3 is 19.9 Å². The molecule has 0 aromatic heterocycles. The minimum Gasteiger partial charge on any atom is -0.507 e. The molecule has 0 radical (unpaired) electrons. The number of carbonyl (C=O) groups excluding carboxylic acids is 1. The molecule has 110 valence electrons. The van der Waals surface area contributed by atoms with Crippen LogP contribution in [0.5, 0.6) is 5.75 Å². The van der Waals surface area contributed by atoms with Crippen molar-refractivity contribution < 1.29 is 19.4 Å². The Kier molecular flexibility index (Phi) is 4.98. The van der Waals surface area contributed by atoms with Crippen molar-refractivity contribution in [3.63, 3.8) is 0 Å². The molecule has 0 spiro atoms. The normalized spacial score (nSPS) is 19.8. The van der Waals surface area contributed by atoms with Crippen LogP contribution in [0.15, 0.2) is 18.2 Å². The first-order chi connectivity index (χ1) is 9.56. The van der Waals surface area contributed by atoms with Crippen molar-refractivity contribution in [3.05, 3.63) is 29.3 Å². The number of aryl methyl sites for hydroxylation is 1. The van der Waals surface area contributed by atoms with Gasteiger partial charge in [0.2, 0.25) is 0 Å². The standard InChI is InChI=1S/C15H21NO4/c1-10-3-4-13(14(17)7-10)15(18)16-11(2)8-20-12-5-6-19-9-12/h3-4,7,11-12,17H,5-6,8-9H2,1-2H3,(H,16,18)/t11-,12+/m1/s1. The Morgan fingerprint density at radius 3 is 3.05 bits per heavy atom. The summed E-state index contributed by atoms with van der Waals surface area (Å²) in [6.45, 7) is 5.54. The number of rotatable bonds is 5. The van der Waals surface area contributed by atoms with Crippen LogP contribution >= 0.6 is 0 Å². The number of nitrogens with one attached hydrogen (secondary N) is 1. The molecule has 2 atom stereocenters. The van der Waals surface area contributed by atoms with Gasteiger partial charge in [-0.05, 0) is 38.0 Å². The van der Waals surface area contributed by atoms with E-state index in [9.17, 15) is 9.90 Å². The molecule has 5 nitrogen and oxygen atoms in total. The molecule has 1 amide bonds. The summed E-state index contributed by atoms with van der Waals surface area (Å²) >= 11 is 0. The van der Waals surface area contributed by atoms with E-state index in [1.807, 2.05) is 13.8 Å². The second-order valence-electron chi connectivity index (χ2n) is 5.21. The summed E-state index contributed by atoms with van der Waals surface area (Å²) in [7, 11) is 0. The molecule has 1 saturated heterocycles. The number of hydrogen-bond acceptors (Lipinski definition) is 4. The molecule has 2 rings (SSSR count). The predicted molar refractivity (Wildman–Crippen MR) is 74.9 cm³/mol. The van der Waals surface area contributed by atoms with E-state index in [-0.39, 0.29) is 29.4 Å². The van der Waals surface area contributed by atoms with E-state index >= 15 is 0 Å². The van der Waals surface area contributed by atoms with Gasteiger partial charge in [-0.1, -0.05) is 6.07 Å². The molecular formula is C15H21NO4. The van der Waals surface area contributed by atoms with Crippen molar-refractivity contribution in [2.75, 3.05) is 19.8 Å². The highest BCUT2D eigenvalue weighted by atomic mass is 16.5. The third kappa shape index (κ3) is 3.95. The maximum Gasteiger partial charge on any atom is 0.255 e. The van der Waals surface area contributed by atoms with Crippen molar-refractivity contribution in [2.24, 2.45) is 0 Å². The van der Waals surface area contributed by atoms with E-state index in [4.69, 9.17) is 9.47 Å².